The van der Waals surface area contributed by atoms with Crippen molar-refractivity contribution in [2.45, 2.75) is 6.43 Å². The zero-order valence-corrected chi connectivity index (χ0v) is 7.42. The fourth-order valence-corrected chi connectivity index (χ4v) is 1.01. The summed E-state index contributed by atoms with van der Waals surface area (Å²) in [5, 5.41) is 8.25. The Kier molecular flexibility index (Phi) is 2.85. The molecule has 3 N–H and O–H groups in total. The Hall–Kier alpha value is -1.43. The van der Waals surface area contributed by atoms with E-state index in [9.17, 15) is 13.6 Å². The minimum absolute atomic E-state index is 0.332. The molecule has 0 aliphatic rings. The molecule has 7 heteroatoms. The molecule has 0 amide bonds. The van der Waals surface area contributed by atoms with Crippen molar-refractivity contribution in [3.63, 3.8) is 0 Å². The summed E-state index contributed by atoms with van der Waals surface area (Å²) in [6, 6.07) is 0.700. The van der Waals surface area contributed by atoms with Gasteiger partial charge >= 0.3 is 5.97 Å². The molecule has 4 nitrogen and oxygen atoms in total. The summed E-state index contributed by atoms with van der Waals surface area (Å²) in [4.78, 5) is 13.8. The molecule has 1 aromatic rings. The molecule has 0 atom stereocenters. The van der Waals surface area contributed by atoms with Crippen molar-refractivity contribution in [2.75, 3.05) is 5.73 Å². The zero-order chi connectivity index (χ0) is 10.9. The van der Waals surface area contributed by atoms with E-state index < -0.39 is 29.5 Å². The summed E-state index contributed by atoms with van der Waals surface area (Å²) in [6.45, 7) is 0. The lowest BCUT2D eigenvalue weighted by atomic mass is 10.2. The van der Waals surface area contributed by atoms with Crippen molar-refractivity contribution >= 4 is 23.4 Å². The zero-order valence-electron chi connectivity index (χ0n) is 6.67. The molecule has 0 radical (unpaired) electrons. The predicted octanol–water partition coefficient (Wildman–Crippen LogP) is 1.95. The average molecular weight is 223 g/mol. The van der Waals surface area contributed by atoms with Crippen LogP contribution in [0.25, 0.3) is 0 Å². The Bertz CT molecular complexity index is 384. The third kappa shape index (κ3) is 1.90. The smallest absolute Gasteiger partial charge is 0.337 e. The number of carboxylic acids is 1. The monoisotopic (exact) mass is 222 g/mol. The van der Waals surface area contributed by atoms with Gasteiger partial charge in [-0.05, 0) is 6.07 Å². The van der Waals surface area contributed by atoms with E-state index in [1.54, 1.807) is 0 Å². The van der Waals surface area contributed by atoms with E-state index in [1.165, 1.54) is 0 Å². The standard InChI is InChI=1S/C7H5ClF2N2O2/c8-4-2(7(13)14)1-3(5(9)10)12-6(4)11/h1,5H,(H2,11,12)(H,13,14). The Morgan fingerprint density at radius 1 is 1.64 bits per heavy atom. The summed E-state index contributed by atoms with van der Waals surface area (Å²) in [7, 11) is 0. The van der Waals surface area contributed by atoms with Gasteiger partial charge in [0.1, 0.15) is 11.5 Å². The molecule has 76 valence electrons. The molecule has 0 spiro atoms. The van der Waals surface area contributed by atoms with Gasteiger partial charge in [0.15, 0.2) is 0 Å². The Labute approximate surface area is 82.3 Å². The number of hydrogen-bond donors (Lipinski definition) is 2. The molecular formula is C7H5ClF2N2O2. The molecule has 0 aliphatic heterocycles. The number of aromatic nitrogens is 1. The van der Waals surface area contributed by atoms with Crippen LogP contribution in [-0.4, -0.2) is 16.1 Å². The number of aromatic carboxylic acids is 1. The van der Waals surface area contributed by atoms with Gasteiger partial charge in [0, 0.05) is 0 Å². The van der Waals surface area contributed by atoms with E-state index in [0.29, 0.717) is 6.07 Å². The first-order chi connectivity index (χ1) is 6.43. The number of pyridine rings is 1. The van der Waals surface area contributed by atoms with Crippen molar-refractivity contribution in [3.05, 3.63) is 22.3 Å². The van der Waals surface area contributed by atoms with Gasteiger partial charge in [-0.2, -0.15) is 0 Å². The molecule has 1 rings (SSSR count). The van der Waals surface area contributed by atoms with Crippen LogP contribution in [-0.2, 0) is 0 Å². The second-order valence-corrected chi connectivity index (χ2v) is 2.78. The third-order valence-electron chi connectivity index (χ3n) is 1.46. The largest absolute Gasteiger partial charge is 0.478 e. The summed E-state index contributed by atoms with van der Waals surface area (Å²) in [5.74, 6) is -1.84. The number of carbonyl (C=O) groups is 1. The molecule has 0 aliphatic carbocycles. The van der Waals surface area contributed by atoms with Gasteiger partial charge in [-0.25, -0.2) is 18.6 Å². The van der Waals surface area contributed by atoms with Crippen LogP contribution in [0.3, 0.4) is 0 Å². The molecule has 14 heavy (non-hydrogen) atoms. The lowest BCUT2D eigenvalue weighted by molar-refractivity contribution is 0.0696. The highest BCUT2D eigenvalue weighted by atomic mass is 35.5. The molecule has 0 saturated heterocycles. The lowest BCUT2D eigenvalue weighted by Gasteiger charge is -2.05. The van der Waals surface area contributed by atoms with Crippen LogP contribution >= 0.6 is 11.6 Å². The van der Waals surface area contributed by atoms with Gasteiger partial charge in [0.05, 0.1) is 10.6 Å². The van der Waals surface area contributed by atoms with Crippen LogP contribution in [0, 0.1) is 0 Å². The minimum Gasteiger partial charge on any atom is -0.478 e. The van der Waals surface area contributed by atoms with Crippen molar-refractivity contribution in [3.8, 4) is 0 Å². The van der Waals surface area contributed by atoms with E-state index in [-0.39, 0.29) is 5.02 Å². The molecule has 0 bridgehead atoms. The first kappa shape index (κ1) is 10.6. The highest BCUT2D eigenvalue weighted by Crippen LogP contribution is 2.26. The van der Waals surface area contributed by atoms with Gasteiger partial charge in [-0.15, -0.1) is 0 Å². The van der Waals surface area contributed by atoms with E-state index >= 15 is 0 Å². The van der Waals surface area contributed by atoms with Crippen LogP contribution in [0.4, 0.5) is 14.6 Å². The molecule has 0 aromatic carbocycles. The number of hydrogen-bond acceptors (Lipinski definition) is 3. The quantitative estimate of drug-likeness (QED) is 0.802. The summed E-state index contributed by atoms with van der Waals surface area (Å²) in [5.41, 5.74) is 3.98. The van der Waals surface area contributed by atoms with Crippen LogP contribution in [0.2, 0.25) is 5.02 Å². The number of nitrogen functional groups attached to an aromatic ring is 1. The summed E-state index contributed by atoms with van der Waals surface area (Å²) < 4.78 is 24.3. The van der Waals surface area contributed by atoms with E-state index in [1.807, 2.05) is 0 Å². The number of anilines is 1. The van der Waals surface area contributed by atoms with Crippen molar-refractivity contribution in [1.82, 2.24) is 4.98 Å². The van der Waals surface area contributed by atoms with E-state index in [4.69, 9.17) is 22.4 Å². The normalized spacial score (nSPS) is 10.6. The second-order valence-electron chi connectivity index (χ2n) is 2.40. The number of alkyl halides is 2. The Morgan fingerprint density at radius 2 is 2.21 bits per heavy atom. The van der Waals surface area contributed by atoms with Crippen molar-refractivity contribution < 1.29 is 18.7 Å². The fourth-order valence-electron chi connectivity index (χ4n) is 0.837. The van der Waals surface area contributed by atoms with Crippen molar-refractivity contribution in [2.24, 2.45) is 0 Å². The average Bonchev–Trinajstić information content (AvgIpc) is 2.08. The van der Waals surface area contributed by atoms with Gasteiger partial charge in [0.25, 0.3) is 6.43 Å². The van der Waals surface area contributed by atoms with Crippen LogP contribution in [0.15, 0.2) is 6.07 Å². The molecule has 1 heterocycles. The Morgan fingerprint density at radius 3 is 2.64 bits per heavy atom. The number of nitrogens with zero attached hydrogens (tertiary/aromatic N) is 1. The second kappa shape index (κ2) is 3.75. The molecule has 0 unspecified atom stereocenters. The molecule has 0 saturated carbocycles. The summed E-state index contributed by atoms with van der Waals surface area (Å²) >= 11 is 5.45. The third-order valence-corrected chi connectivity index (χ3v) is 1.85. The summed E-state index contributed by atoms with van der Waals surface area (Å²) in [6.07, 6.45) is -2.88. The number of rotatable bonds is 2. The molecular weight excluding hydrogens is 218 g/mol. The SMILES string of the molecule is Nc1nc(C(F)F)cc(C(=O)O)c1Cl. The van der Waals surface area contributed by atoms with Gasteiger partial charge in [-0.3, -0.25) is 0 Å². The van der Waals surface area contributed by atoms with Crippen LogP contribution in [0.5, 0.6) is 0 Å². The van der Waals surface area contributed by atoms with Gasteiger partial charge in [-0.1, -0.05) is 11.6 Å². The topological polar surface area (TPSA) is 76.2 Å². The highest BCUT2D eigenvalue weighted by Gasteiger charge is 2.18. The van der Waals surface area contributed by atoms with Crippen LogP contribution in [0.1, 0.15) is 22.5 Å². The number of carboxylic acid groups (broad SMARTS) is 1. The predicted molar refractivity (Wildman–Crippen MR) is 45.6 cm³/mol. The van der Waals surface area contributed by atoms with E-state index in [2.05, 4.69) is 4.98 Å². The maximum Gasteiger partial charge on any atom is 0.337 e. The van der Waals surface area contributed by atoms with Crippen LogP contribution < -0.4 is 5.73 Å². The lowest BCUT2D eigenvalue weighted by Crippen LogP contribution is -2.05. The molecule has 0 fully saturated rings. The van der Waals surface area contributed by atoms with Crippen molar-refractivity contribution in [1.29, 1.82) is 0 Å². The van der Waals surface area contributed by atoms with E-state index in [0.717, 1.165) is 0 Å². The highest BCUT2D eigenvalue weighted by molar-refractivity contribution is 6.35. The first-order valence-electron chi connectivity index (χ1n) is 3.41. The Balaban J connectivity index is 3.35. The van der Waals surface area contributed by atoms with Gasteiger partial charge < -0.3 is 10.8 Å². The van der Waals surface area contributed by atoms with Gasteiger partial charge in [0.2, 0.25) is 0 Å². The minimum atomic E-state index is -2.88. The number of nitrogens with two attached hydrogens (primary N) is 1. The molecule has 1 aromatic heterocycles. The first-order valence-corrected chi connectivity index (χ1v) is 3.78. The maximum absolute atomic E-state index is 12.2. The fraction of sp³-hybridized carbons (Fsp3) is 0.143. The maximum atomic E-state index is 12.2. The number of halogens is 3.